The van der Waals surface area contributed by atoms with Crippen LogP contribution < -0.4 is 10.6 Å². The number of hydrogen-bond donors (Lipinski definition) is 2. The molecule has 0 spiro atoms. The van der Waals surface area contributed by atoms with E-state index in [4.69, 9.17) is 0 Å². The SMILES string of the molecule is CSc1cc(-c2cc(C)n(C)n2)ccc1Nc1cc(Nc2cccc(C(F)(F)F)n2)nc2c1nc(C(F)F)n2PI. The average molecular weight is 718 g/mol. The molecule has 5 aromatic rings. The van der Waals surface area contributed by atoms with Gasteiger partial charge in [-0.05, 0) is 65.6 Å². The predicted octanol–water partition coefficient (Wildman–Crippen LogP) is 8.49. The number of aromatic nitrogens is 6. The second kappa shape index (κ2) is 11.7. The zero-order chi connectivity index (χ0) is 29.5. The molecular weight excluding hydrogens is 697 g/mol. The number of aryl methyl sites for hydroxylation is 2. The highest BCUT2D eigenvalue weighted by Crippen LogP contribution is 2.40. The van der Waals surface area contributed by atoms with E-state index < -0.39 is 24.1 Å². The van der Waals surface area contributed by atoms with Gasteiger partial charge in [0, 0.05) is 29.3 Å². The zero-order valence-corrected chi connectivity index (χ0v) is 25.5. The van der Waals surface area contributed by atoms with Crippen molar-refractivity contribution in [2.45, 2.75) is 24.4 Å². The van der Waals surface area contributed by atoms with E-state index in [1.807, 2.05) is 66.5 Å². The van der Waals surface area contributed by atoms with Crippen LogP contribution in [0.15, 0.2) is 53.4 Å². The maximum absolute atomic E-state index is 13.9. The number of pyridine rings is 2. The lowest BCUT2D eigenvalue weighted by atomic mass is 10.1. The molecule has 0 bridgehead atoms. The van der Waals surface area contributed by atoms with Gasteiger partial charge in [-0.1, -0.05) is 12.1 Å². The van der Waals surface area contributed by atoms with Crippen molar-refractivity contribution in [2.75, 3.05) is 16.9 Å². The summed E-state index contributed by atoms with van der Waals surface area (Å²) in [5.74, 6) is -0.451. The molecule has 1 atom stereocenters. The molecule has 1 unspecified atom stereocenters. The van der Waals surface area contributed by atoms with Crippen LogP contribution in [0.4, 0.5) is 45.0 Å². The summed E-state index contributed by atoms with van der Waals surface area (Å²) in [7, 11) is 1.86. The lowest BCUT2D eigenvalue weighted by Crippen LogP contribution is -2.09. The van der Waals surface area contributed by atoms with Gasteiger partial charge in [-0.15, -0.1) is 11.8 Å². The van der Waals surface area contributed by atoms with Crippen LogP contribution in [0.2, 0.25) is 0 Å². The predicted molar refractivity (Wildman–Crippen MR) is 161 cm³/mol. The number of nitrogens with one attached hydrogen (secondary N) is 2. The van der Waals surface area contributed by atoms with Gasteiger partial charge in [0.1, 0.15) is 22.8 Å². The molecule has 0 aliphatic rings. The third-order valence-electron chi connectivity index (χ3n) is 6.10. The van der Waals surface area contributed by atoms with Gasteiger partial charge >= 0.3 is 6.18 Å². The molecule has 0 aliphatic carbocycles. The molecule has 4 aromatic heterocycles. The van der Waals surface area contributed by atoms with Crippen LogP contribution in [0.3, 0.4) is 0 Å². The quantitative estimate of drug-likeness (QED) is 0.0721. The normalized spacial score (nSPS) is 12.2. The lowest BCUT2D eigenvalue weighted by Gasteiger charge is -2.14. The van der Waals surface area contributed by atoms with Gasteiger partial charge in [-0.3, -0.25) is 9.02 Å². The molecule has 41 heavy (non-hydrogen) atoms. The highest BCUT2D eigenvalue weighted by Gasteiger charge is 2.32. The molecular formula is C25H21F5IN8PS. The fraction of sp³-hybridized carbons (Fsp3) is 0.200. The van der Waals surface area contributed by atoms with Gasteiger partial charge in [-0.2, -0.15) is 18.3 Å². The van der Waals surface area contributed by atoms with Crippen LogP contribution in [0, 0.1) is 6.92 Å². The molecule has 16 heteroatoms. The van der Waals surface area contributed by atoms with Crippen molar-refractivity contribution in [2.24, 2.45) is 7.05 Å². The number of hydrogen-bond acceptors (Lipinski definition) is 7. The van der Waals surface area contributed by atoms with E-state index in [1.54, 1.807) is 4.68 Å². The van der Waals surface area contributed by atoms with Gasteiger partial charge in [0.25, 0.3) is 6.43 Å². The van der Waals surface area contributed by atoms with E-state index in [0.717, 1.165) is 27.9 Å². The molecule has 5 rings (SSSR count). The van der Waals surface area contributed by atoms with E-state index in [9.17, 15) is 22.0 Å². The summed E-state index contributed by atoms with van der Waals surface area (Å²) in [5.41, 5.74) is 3.00. The molecule has 214 valence electrons. The van der Waals surface area contributed by atoms with Crippen LogP contribution in [0.25, 0.3) is 22.4 Å². The number of halogens is 6. The summed E-state index contributed by atoms with van der Waals surface area (Å²) in [6, 6.07) is 12.6. The monoisotopic (exact) mass is 718 g/mol. The maximum Gasteiger partial charge on any atom is 0.433 e. The molecule has 0 aliphatic heterocycles. The second-order valence-electron chi connectivity index (χ2n) is 8.78. The number of nitrogens with zero attached hydrogens (tertiary/aromatic N) is 6. The van der Waals surface area contributed by atoms with E-state index in [2.05, 4.69) is 30.7 Å². The molecule has 8 nitrogen and oxygen atoms in total. The van der Waals surface area contributed by atoms with E-state index in [0.29, 0.717) is 11.4 Å². The lowest BCUT2D eigenvalue weighted by molar-refractivity contribution is -0.141. The van der Waals surface area contributed by atoms with Crippen LogP contribution in [-0.2, 0) is 13.2 Å². The van der Waals surface area contributed by atoms with Crippen LogP contribution in [-0.4, -0.2) is 35.3 Å². The van der Waals surface area contributed by atoms with Gasteiger partial charge < -0.3 is 10.6 Å². The van der Waals surface area contributed by atoms with Gasteiger partial charge in [-0.25, -0.2) is 23.7 Å². The van der Waals surface area contributed by atoms with E-state index >= 15 is 0 Å². The first-order valence-electron chi connectivity index (χ1n) is 11.8. The van der Waals surface area contributed by atoms with E-state index in [-0.39, 0.29) is 29.2 Å². The minimum Gasteiger partial charge on any atom is -0.353 e. The standard InChI is InChI=1S/C25H21F5IN8PS/c1-12-9-15(37-38(12)2)13-7-8-14(17(10-13)41-3)32-16-11-20(34-19-6-4-5-18(33-19)25(28,29)30)35-23-21(16)36-24(22(26)27)39(23)40-31/h4-11,22,40H,1-3H3,(H2,32,33,34,35). The van der Waals surface area contributed by atoms with Crippen molar-refractivity contribution in [1.29, 1.82) is 0 Å². The zero-order valence-electron chi connectivity index (χ0n) is 21.6. The number of alkyl halides is 5. The molecule has 1 aromatic carbocycles. The van der Waals surface area contributed by atoms with Gasteiger partial charge in [0.15, 0.2) is 11.5 Å². The summed E-state index contributed by atoms with van der Waals surface area (Å²) < 4.78 is 70.5. The Morgan fingerprint density at radius 3 is 2.39 bits per heavy atom. The Morgan fingerprint density at radius 1 is 0.976 bits per heavy atom. The Morgan fingerprint density at radius 2 is 1.76 bits per heavy atom. The first-order valence-corrected chi connectivity index (χ1v) is 17.1. The number of rotatable bonds is 8. The number of anilines is 4. The third kappa shape index (κ3) is 6.11. The maximum atomic E-state index is 13.9. The summed E-state index contributed by atoms with van der Waals surface area (Å²) in [5, 5.41) is 10.6. The number of fused-ring (bicyclic) bond motifs is 1. The topological polar surface area (TPSA) is 85.5 Å². The third-order valence-corrected chi connectivity index (χ3v) is 8.93. The second-order valence-corrected chi connectivity index (χ2v) is 11.7. The van der Waals surface area contributed by atoms with Crippen molar-refractivity contribution < 1.29 is 22.0 Å². The van der Waals surface area contributed by atoms with Crippen molar-refractivity contribution >= 4 is 74.4 Å². The first kappa shape index (κ1) is 29.5. The number of imidazole rings is 1. The molecule has 0 radical (unpaired) electrons. The molecule has 0 fully saturated rings. The van der Waals surface area contributed by atoms with Crippen LogP contribution in [0.1, 0.15) is 23.6 Å². The van der Waals surface area contributed by atoms with Gasteiger partial charge in [0.05, 0.1) is 23.4 Å². The largest absolute Gasteiger partial charge is 0.433 e. The van der Waals surface area contributed by atoms with Crippen molar-refractivity contribution in [1.82, 2.24) is 29.1 Å². The van der Waals surface area contributed by atoms with Crippen LogP contribution >= 0.6 is 40.2 Å². The number of benzene rings is 1. The fourth-order valence-corrected chi connectivity index (χ4v) is 6.53. The molecule has 0 amide bonds. The average Bonchev–Trinajstić information content (AvgIpc) is 3.48. The summed E-state index contributed by atoms with van der Waals surface area (Å²) >= 11 is 3.43. The molecule has 0 saturated heterocycles. The minimum atomic E-state index is -4.64. The highest BCUT2D eigenvalue weighted by molar-refractivity contribution is 14.2. The van der Waals surface area contributed by atoms with Gasteiger partial charge in [0.2, 0.25) is 0 Å². The Labute approximate surface area is 249 Å². The Kier molecular flexibility index (Phi) is 8.39. The van der Waals surface area contributed by atoms with Crippen LogP contribution in [0.5, 0.6) is 0 Å². The minimum absolute atomic E-state index is 0.102. The van der Waals surface area contributed by atoms with Crippen molar-refractivity contribution in [3.8, 4) is 11.3 Å². The van der Waals surface area contributed by atoms with E-state index in [1.165, 1.54) is 34.3 Å². The Hall–Kier alpha value is -3.04. The Balaban J connectivity index is 1.60. The molecule has 2 N–H and O–H groups in total. The summed E-state index contributed by atoms with van der Waals surface area (Å²) in [6.07, 6.45) is -5.74. The summed E-state index contributed by atoms with van der Waals surface area (Å²) in [4.78, 5) is 13.1. The highest BCUT2D eigenvalue weighted by atomic mass is 127. The number of thioether (sulfide) groups is 1. The molecule has 0 saturated carbocycles. The Bertz CT molecular complexity index is 1720. The molecule has 4 heterocycles. The van der Waals surface area contributed by atoms with Crippen molar-refractivity contribution in [3.63, 3.8) is 0 Å². The van der Waals surface area contributed by atoms with Crippen molar-refractivity contribution in [3.05, 3.63) is 65.7 Å². The fourth-order valence-electron chi connectivity index (χ4n) is 4.05. The summed E-state index contributed by atoms with van der Waals surface area (Å²) in [6.45, 7) is 1.96. The first-order chi connectivity index (χ1) is 19.5. The smallest absolute Gasteiger partial charge is 0.353 e.